The van der Waals surface area contributed by atoms with Crippen molar-refractivity contribution in [3.05, 3.63) is 27.2 Å². The Balaban J connectivity index is 1.85. The summed E-state index contributed by atoms with van der Waals surface area (Å²) in [5.74, 6) is 0.779. The molecule has 1 aromatic carbocycles. The Bertz CT molecular complexity index is 394. The van der Waals surface area contributed by atoms with Crippen LogP contribution in [0.15, 0.2) is 16.6 Å². The van der Waals surface area contributed by atoms with E-state index in [9.17, 15) is 0 Å². The molecule has 2 nitrogen and oxygen atoms in total. The van der Waals surface area contributed by atoms with Crippen LogP contribution < -0.4 is 9.64 Å². The van der Waals surface area contributed by atoms with E-state index >= 15 is 0 Å². The number of nitrogens with one attached hydrogen (secondary N) is 1. The fraction of sp³-hybridized carbons (Fsp3) is 0.600. The number of halogens is 2. The van der Waals surface area contributed by atoms with Gasteiger partial charge in [0.1, 0.15) is 13.2 Å². The van der Waals surface area contributed by atoms with Gasteiger partial charge < -0.3 is 9.64 Å². The predicted octanol–water partition coefficient (Wildman–Crippen LogP) is 3.25. The van der Waals surface area contributed by atoms with Crippen molar-refractivity contribution in [3.8, 4) is 5.75 Å². The molecule has 0 saturated carbocycles. The Labute approximate surface area is 129 Å². The number of rotatable bonds is 4. The molecule has 19 heavy (non-hydrogen) atoms. The Morgan fingerprint density at radius 2 is 1.89 bits per heavy atom. The zero-order valence-electron chi connectivity index (χ0n) is 11.5. The first-order valence-electron chi connectivity index (χ1n) is 7.09. The van der Waals surface area contributed by atoms with E-state index < -0.39 is 0 Å². The van der Waals surface area contributed by atoms with Crippen molar-refractivity contribution in [3.63, 3.8) is 0 Å². The molecular formula is C15H22BrClNO+. The van der Waals surface area contributed by atoms with Crippen LogP contribution in [0.4, 0.5) is 0 Å². The molecule has 2 rings (SSSR count). The van der Waals surface area contributed by atoms with Gasteiger partial charge in [-0.05, 0) is 66.2 Å². The first-order chi connectivity index (χ1) is 9.16. The van der Waals surface area contributed by atoms with E-state index in [1.807, 2.05) is 19.1 Å². The second kappa shape index (κ2) is 7.51. The van der Waals surface area contributed by atoms with Gasteiger partial charge in [0.05, 0.1) is 22.6 Å². The fourth-order valence-electron chi connectivity index (χ4n) is 2.60. The maximum Gasteiger partial charge on any atom is 0.152 e. The minimum Gasteiger partial charge on any atom is -0.485 e. The fourth-order valence-corrected chi connectivity index (χ4v) is 3.73. The zero-order valence-corrected chi connectivity index (χ0v) is 13.8. The quantitative estimate of drug-likeness (QED) is 0.883. The normalized spacial score (nSPS) is 17.2. The van der Waals surface area contributed by atoms with Crippen LogP contribution in [-0.2, 0) is 0 Å². The topological polar surface area (TPSA) is 13.7 Å². The summed E-state index contributed by atoms with van der Waals surface area (Å²) in [5, 5.41) is 0.692. The summed E-state index contributed by atoms with van der Waals surface area (Å²) in [5.41, 5.74) is 1.14. The maximum absolute atomic E-state index is 6.22. The minimum absolute atomic E-state index is 0.692. The lowest BCUT2D eigenvalue weighted by Crippen LogP contribution is -3.12. The summed E-state index contributed by atoms with van der Waals surface area (Å²) >= 11 is 9.74. The standard InChI is InChI=1S/C15H21BrClNO/c1-12-10-13(16)15(14(17)11-12)19-9-8-18-6-4-2-3-5-7-18/h10-11H,2-9H2,1H3/p+1. The van der Waals surface area contributed by atoms with Gasteiger partial charge in [0.2, 0.25) is 0 Å². The van der Waals surface area contributed by atoms with Crippen molar-refractivity contribution in [2.45, 2.75) is 32.6 Å². The molecule has 1 fully saturated rings. The summed E-state index contributed by atoms with van der Waals surface area (Å²) in [7, 11) is 0. The smallest absolute Gasteiger partial charge is 0.152 e. The molecule has 0 radical (unpaired) electrons. The van der Waals surface area contributed by atoms with Gasteiger partial charge in [-0.3, -0.25) is 0 Å². The van der Waals surface area contributed by atoms with Gasteiger partial charge in [0.25, 0.3) is 0 Å². The van der Waals surface area contributed by atoms with Crippen LogP contribution in [0.25, 0.3) is 0 Å². The van der Waals surface area contributed by atoms with E-state index in [4.69, 9.17) is 16.3 Å². The van der Waals surface area contributed by atoms with E-state index in [0.717, 1.165) is 28.9 Å². The second-order valence-corrected chi connectivity index (χ2v) is 6.58. The number of hydrogen-bond donors (Lipinski definition) is 1. The number of benzene rings is 1. The molecule has 1 heterocycles. The monoisotopic (exact) mass is 346 g/mol. The van der Waals surface area contributed by atoms with Gasteiger partial charge in [-0.25, -0.2) is 0 Å². The molecule has 1 N–H and O–H groups in total. The minimum atomic E-state index is 0.692. The summed E-state index contributed by atoms with van der Waals surface area (Å²) < 4.78 is 6.81. The van der Waals surface area contributed by atoms with E-state index in [0.29, 0.717) is 5.02 Å². The van der Waals surface area contributed by atoms with Gasteiger partial charge in [0, 0.05) is 0 Å². The number of hydrogen-bond acceptors (Lipinski definition) is 1. The summed E-state index contributed by atoms with van der Waals surface area (Å²) in [4.78, 5) is 1.66. The molecule has 0 spiro atoms. The van der Waals surface area contributed by atoms with Gasteiger partial charge in [0.15, 0.2) is 5.75 Å². The van der Waals surface area contributed by atoms with Gasteiger partial charge in [-0.1, -0.05) is 11.6 Å². The van der Waals surface area contributed by atoms with Crippen molar-refractivity contribution in [2.75, 3.05) is 26.2 Å². The molecule has 1 saturated heterocycles. The van der Waals surface area contributed by atoms with Crippen molar-refractivity contribution in [1.29, 1.82) is 0 Å². The average Bonchev–Trinajstić information content (AvgIpc) is 2.61. The van der Waals surface area contributed by atoms with Crippen molar-refractivity contribution >= 4 is 27.5 Å². The van der Waals surface area contributed by atoms with Gasteiger partial charge in [-0.2, -0.15) is 0 Å². The summed E-state index contributed by atoms with van der Waals surface area (Å²) in [6.07, 6.45) is 5.48. The Morgan fingerprint density at radius 3 is 2.53 bits per heavy atom. The van der Waals surface area contributed by atoms with Crippen molar-refractivity contribution in [2.24, 2.45) is 0 Å². The van der Waals surface area contributed by atoms with Crippen LogP contribution in [0.3, 0.4) is 0 Å². The molecule has 4 heteroatoms. The van der Waals surface area contributed by atoms with Crippen LogP contribution in [0.1, 0.15) is 31.2 Å². The molecule has 1 aliphatic rings. The van der Waals surface area contributed by atoms with Gasteiger partial charge in [-0.15, -0.1) is 0 Å². The third-order valence-electron chi connectivity index (χ3n) is 3.66. The summed E-state index contributed by atoms with van der Waals surface area (Å²) in [6, 6.07) is 3.99. The lowest BCUT2D eigenvalue weighted by molar-refractivity contribution is -0.899. The summed E-state index contributed by atoms with van der Waals surface area (Å²) in [6.45, 7) is 6.40. The number of ether oxygens (including phenoxy) is 1. The van der Waals surface area contributed by atoms with E-state index in [1.165, 1.54) is 38.8 Å². The van der Waals surface area contributed by atoms with Crippen LogP contribution in [-0.4, -0.2) is 26.2 Å². The average molecular weight is 348 g/mol. The second-order valence-electron chi connectivity index (χ2n) is 5.32. The lowest BCUT2D eigenvalue weighted by atomic mass is 10.2. The molecule has 106 valence electrons. The van der Waals surface area contributed by atoms with E-state index in [-0.39, 0.29) is 0 Å². The molecule has 0 unspecified atom stereocenters. The SMILES string of the molecule is Cc1cc(Cl)c(OCC[NH+]2CCCCCC2)c(Br)c1. The number of likely N-dealkylation sites (tertiary alicyclic amines) is 1. The predicted molar refractivity (Wildman–Crippen MR) is 83.4 cm³/mol. The molecule has 0 aliphatic carbocycles. The third-order valence-corrected chi connectivity index (χ3v) is 4.53. The Kier molecular flexibility index (Phi) is 5.99. The Morgan fingerprint density at radius 1 is 1.21 bits per heavy atom. The zero-order chi connectivity index (χ0) is 13.7. The molecule has 1 aliphatic heterocycles. The molecular weight excluding hydrogens is 326 g/mol. The molecule has 0 aromatic heterocycles. The highest BCUT2D eigenvalue weighted by Crippen LogP contribution is 2.34. The first-order valence-corrected chi connectivity index (χ1v) is 8.26. The third kappa shape index (κ3) is 4.66. The van der Waals surface area contributed by atoms with Crippen molar-refractivity contribution in [1.82, 2.24) is 0 Å². The highest BCUT2D eigenvalue weighted by atomic mass is 79.9. The van der Waals surface area contributed by atoms with Crippen LogP contribution in [0, 0.1) is 6.92 Å². The Hall–Kier alpha value is -0.250. The van der Waals surface area contributed by atoms with Crippen LogP contribution >= 0.6 is 27.5 Å². The molecule has 0 bridgehead atoms. The highest BCUT2D eigenvalue weighted by Gasteiger charge is 2.13. The van der Waals surface area contributed by atoms with Gasteiger partial charge >= 0.3 is 0 Å². The van der Waals surface area contributed by atoms with E-state index in [1.54, 1.807) is 4.90 Å². The highest BCUT2D eigenvalue weighted by molar-refractivity contribution is 9.10. The number of aryl methyl sites for hydroxylation is 1. The van der Waals surface area contributed by atoms with E-state index in [2.05, 4.69) is 15.9 Å². The maximum atomic E-state index is 6.22. The lowest BCUT2D eigenvalue weighted by Gasteiger charge is -2.18. The number of quaternary nitrogens is 1. The largest absolute Gasteiger partial charge is 0.485 e. The van der Waals surface area contributed by atoms with Crippen molar-refractivity contribution < 1.29 is 9.64 Å². The first kappa shape index (κ1) is 15.1. The van der Waals surface area contributed by atoms with Crippen LogP contribution in [0.5, 0.6) is 5.75 Å². The molecule has 0 amide bonds. The van der Waals surface area contributed by atoms with Crippen LogP contribution in [0.2, 0.25) is 5.02 Å². The molecule has 0 atom stereocenters. The molecule has 1 aromatic rings.